The van der Waals surface area contributed by atoms with E-state index in [1.807, 2.05) is 0 Å². The first-order chi connectivity index (χ1) is 4.83. The zero-order valence-electron chi connectivity index (χ0n) is 6.22. The third-order valence-electron chi connectivity index (χ3n) is 1.51. The van der Waals surface area contributed by atoms with Gasteiger partial charge in [-0.1, -0.05) is 0 Å². The van der Waals surface area contributed by atoms with Crippen molar-refractivity contribution in [1.29, 1.82) is 0 Å². The molecule has 0 saturated heterocycles. The van der Waals surface area contributed by atoms with Gasteiger partial charge in [-0.2, -0.15) is 0 Å². The van der Waals surface area contributed by atoms with E-state index in [-0.39, 0.29) is 6.09 Å². The monoisotopic (exact) mass is 143 g/mol. The Bertz CT molecular complexity index is 121. The quantitative estimate of drug-likeness (QED) is 0.643. The van der Waals surface area contributed by atoms with Crippen molar-refractivity contribution in [3.05, 3.63) is 0 Å². The maximum absolute atomic E-state index is 10.6. The number of carbonyl (C=O) groups is 1. The second-order valence-electron chi connectivity index (χ2n) is 2.54. The van der Waals surface area contributed by atoms with Crippen LogP contribution in [0.2, 0.25) is 0 Å². The predicted molar refractivity (Wildman–Crippen MR) is 37.7 cm³/mol. The van der Waals surface area contributed by atoms with Crippen molar-refractivity contribution in [2.45, 2.75) is 19.8 Å². The standard InChI is InChI=1S/C7H13NO2/c1-2-10-7(9)8-5-6-3-4-6/h6H,2-5H2,1H3,(H,8,9). The van der Waals surface area contributed by atoms with E-state index >= 15 is 0 Å². The fraction of sp³-hybridized carbons (Fsp3) is 0.857. The predicted octanol–water partition coefficient (Wildman–Crippen LogP) is 1.14. The number of amides is 1. The smallest absolute Gasteiger partial charge is 0.407 e. The van der Waals surface area contributed by atoms with Gasteiger partial charge in [0, 0.05) is 6.54 Å². The summed E-state index contributed by atoms with van der Waals surface area (Å²) >= 11 is 0. The molecule has 3 heteroatoms. The van der Waals surface area contributed by atoms with Crippen LogP contribution >= 0.6 is 0 Å². The number of alkyl carbamates (subject to hydrolysis) is 1. The molecule has 1 aliphatic carbocycles. The maximum Gasteiger partial charge on any atom is 0.407 e. The zero-order chi connectivity index (χ0) is 7.40. The van der Waals surface area contributed by atoms with Gasteiger partial charge in [-0.25, -0.2) is 4.79 Å². The molecule has 1 fully saturated rings. The van der Waals surface area contributed by atoms with Crippen LogP contribution < -0.4 is 5.32 Å². The first kappa shape index (κ1) is 7.38. The van der Waals surface area contributed by atoms with E-state index in [0.29, 0.717) is 6.61 Å². The summed E-state index contributed by atoms with van der Waals surface area (Å²) in [5.74, 6) is 0.726. The Morgan fingerprint density at radius 2 is 2.40 bits per heavy atom. The van der Waals surface area contributed by atoms with E-state index in [1.54, 1.807) is 6.92 Å². The molecule has 0 heterocycles. The van der Waals surface area contributed by atoms with Crippen LogP contribution in [0.4, 0.5) is 4.79 Å². The van der Waals surface area contributed by atoms with Gasteiger partial charge >= 0.3 is 6.09 Å². The van der Waals surface area contributed by atoms with Gasteiger partial charge < -0.3 is 10.1 Å². The van der Waals surface area contributed by atoms with Crippen molar-refractivity contribution in [1.82, 2.24) is 5.32 Å². The third kappa shape index (κ3) is 2.71. The second kappa shape index (κ2) is 3.44. The van der Waals surface area contributed by atoms with Crippen LogP contribution in [0, 0.1) is 5.92 Å². The summed E-state index contributed by atoms with van der Waals surface area (Å²) in [6, 6.07) is 0. The molecule has 0 radical (unpaired) electrons. The average molecular weight is 143 g/mol. The highest BCUT2D eigenvalue weighted by Crippen LogP contribution is 2.27. The SMILES string of the molecule is CCOC(=O)NCC1CC1. The minimum atomic E-state index is -0.283. The lowest BCUT2D eigenvalue weighted by Crippen LogP contribution is -2.26. The molecule has 0 aromatic heterocycles. The van der Waals surface area contributed by atoms with Crippen LogP contribution in [-0.2, 0) is 4.74 Å². The highest BCUT2D eigenvalue weighted by molar-refractivity contribution is 5.67. The summed E-state index contributed by atoms with van der Waals surface area (Å²) in [7, 11) is 0. The Kier molecular flexibility index (Phi) is 2.54. The van der Waals surface area contributed by atoms with E-state index in [1.165, 1.54) is 12.8 Å². The van der Waals surface area contributed by atoms with Crippen molar-refractivity contribution in [2.24, 2.45) is 5.92 Å². The first-order valence-electron chi connectivity index (χ1n) is 3.73. The largest absolute Gasteiger partial charge is 0.450 e. The molecule has 1 rings (SSSR count). The number of rotatable bonds is 3. The Balaban J connectivity index is 1.94. The van der Waals surface area contributed by atoms with E-state index in [4.69, 9.17) is 0 Å². The molecule has 0 atom stereocenters. The molecule has 58 valence electrons. The summed E-state index contributed by atoms with van der Waals surface area (Å²) in [5, 5.41) is 2.68. The summed E-state index contributed by atoms with van der Waals surface area (Å²) < 4.78 is 4.67. The molecule has 0 aromatic rings. The van der Waals surface area contributed by atoms with Gasteiger partial charge in [0.25, 0.3) is 0 Å². The number of ether oxygens (including phenoxy) is 1. The molecule has 1 aliphatic rings. The van der Waals surface area contributed by atoms with Gasteiger partial charge in [0.15, 0.2) is 0 Å². The fourth-order valence-corrected chi connectivity index (χ4v) is 0.732. The lowest BCUT2D eigenvalue weighted by molar-refractivity contribution is 0.152. The summed E-state index contributed by atoms with van der Waals surface area (Å²) in [6.45, 7) is 3.05. The van der Waals surface area contributed by atoms with Gasteiger partial charge in [-0.15, -0.1) is 0 Å². The van der Waals surface area contributed by atoms with Crippen molar-refractivity contribution < 1.29 is 9.53 Å². The van der Waals surface area contributed by atoms with Crippen LogP contribution in [0.1, 0.15) is 19.8 Å². The lowest BCUT2D eigenvalue weighted by Gasteiger charge is -2.02. The molecule has 0 aromatic carbocycles. The van der Waals surface area contributed by atoms with E-state index in [2.05, 4.69) is 10.1 Å². The molecular formula is C7H13NO2. The molecule has 3 nitrogen and oxygen atoms in total. The number of carbonyl (C=O) groups excluding carboxylic acids is 1. The molecule has 1 N–H and O–H groups in total. The van der Waals surface area contributed by atoms with Crippen molar-refractivity contribution >= 4 is 6.09 Å². The summed E-state index contributed by atoms with van der Waals surface area (Å²) in [6.07, 6.45) is 2.23. The van der Waals surface area contributed by atoms with E-state index in [0.717, 1.165) is 12.5 Å². The van der Waals surface area contributed by atoms with Crippen LogP contribution in [-0.4, -0.2) is 19.2 Å². The Morgan fingerprint density at radius 3 is 2.90 bits per heavy atom. The molecule has 0 spiro atoms. The van der Waals surface area contributed by atoms with Crippen molar-refractivity contribution in [3.63, 3.8) is 0 Å². The topological polar surface area (TPSA) is 38.3 Å². The Morgan fingerprint density at radius 1 is 1.70 bits per heavy atom. The van der Waals surface area contributed by atoms with Crippen LogP contribution in [0.5, 0.6) is 0 Å². The minimum Gasteiger partial charge on any atom is -0.450 e. The summed E-state index contributed by atoms with van der Waals surface area (Å²) in [5.41, 5.74) is 0. The lowest BCUT2D eigenvalue weighted by atomic mass is 10.4. The van der Waals surface area contributed by atoms with Gasteiger partial charge in [0.2, 0.25) is 0 Å². The number of hydrogen-bond acceptors (Lipinski definition) is 2. The second-order valence-corrected chi connectivity index (χ2v) is 2.54. The van der Waals surface area contributed by atoms with Crippen LogP contribution in [0.3, 0.4) is 0 Å². The number of nitrogens with one attached hydrogen (secondary N) is 1. The first-order valence-corrected chi connectivity index (χ1v) is 3.73. The van der Waals surface area contributed by atoms with Crippen LogP contribution in [0.25, 0.3) is 0 Å². The van der Waals surface area contributed by atoms with Gasteiger partial charge in [0.1, 0.15) is 0 Å². The minimum absolute atomic E-state index is 0.283. The van der Waals surface area contributed by atoms with Gasteiger partial charge in [0.05, 0.1) is 6.61 Å². The Labute approximate surface area is 60.7 Å². The number of hydrogen-bond donors (Lipinski definition) is 1. The highest BCUT2D eigenvalue weighted by Gasteiger charge is 2.21. The fourth-order valence-electron chi connectivity index (χ4n) is 0.732. The van der Waals surface area contributed by atoms with Gasteiger partial charge in [-0.3, -0.25) is 0 Å². The molecule has 0 unspecified atom stereocenters. The third-order valence-corrected chi connectivity index (χ3v) is 1.51. The Hall–Kier alpha value is -0.730. The normalized spacial score (nSPS) is 16.5. The van der Waals surface area contributed by atoms with E-state index in [9.17, 15) is 4.79 Å². The van der Waals surface area contributed by atoms with Crippen molar-refractivity contribution in [3.8, 4) is 0 Å². The molecule has 0 aliphatic heterocycles. The molecular weight excluding hydrogens is 130 g/mol. The average Bonchev–Trinajstić information content (AvgIpc) is 2.67. The maximum atomic E-state index is 10.6. The van der Waals surface area contributed by atoms with Crippen molar-refractivity contribution in [2.75, 3.05) is 13.2 Å². The molecule has 1 saturated carbocycles. The van der Waals surface area contributed by atoms with Crippen LogP contribution in [0.15, 0.2) is 0 Å². The molecule has 1 amide bonds. The molecule has 0 bridgehead atoms. The van der Waals surface area contributed by atoms with E-state index < -0.39 is 0 Å². The molecule has 10 heavy (non-hydrogen) atoms. The van der Waals surface area contributed by atoms with Gasteiger partial charge in [-0.05, 0) is 25.7 Å². The zero-order valence-corrected chi connectivity index (χ0v) is 6.22. The highest BCUT2D eigenvalue weighted by atomic mass is 16.5. The summed E-state index contributed by atoms with van der Waals surface area (Å²) in [4.78, 5) is 10.6.